The van der Waals surface area contributed by atoms with Gasteiger partial charge in [-0.3, -0.25) is 4.90 Å². The average Bonchev–Trinajstić information content (AvgIpc) is 2.84. The fraction of sp³-hybridized carbons (Fsp3) is 0.364. The van der Waals surface area contributed by atoms with E-state index in [0.29, 0.717) is 5.56 Å². The van der Waals surface area contributed by atoms with Crippen molar-refractivity contribution in [3.63, 3.8) is 0 Å². The number of ether oxygens (including phenoxy) is 1. The number of amides is 1. The first kappa shape index (κ1) is 15.0. The molecule has 20 heavy (non-hydrogen) atoms. The van der Waals surface area contributed by atoms with Crippen LogP contribution in [0.15, 0.2) is 23.1 Å². The van der Waals surface area contributed by atoms with Gasteiger partial charge in [-0.25, -0.2) is 13.2 Å². The Kier molecular flexibility index (Phi) is 4.14. The zero-order chi connectivity index (χ0) is 14.9. The van der Waals surface area contributed by atoms with Crippen molar-refractivity contribution in [1.82, 2.24) is 0 Å². The van der Waals surface area contributed by atoms with Crippen molar-refractivity contribution >= 4 is 33.2 Å². The third-order valence-electron chi connectivity index (χ3n) is 2.74. The maximum Gasteiger partial charge on any atom is 0.414 e. The first-order valence-corrected chi connectivity index (χ1v) is 7.60. The Bertz CT molecular complexity index is 635. The van der Waals surface area contributed by atoms with Crippen LogP contribution in [0.2, 0.25) is 0 Å². The summed E-state index contributed by atoms with van der Waals surface area (Å²) in [6.45, 7) is 0.375. The van der Waals surface area contributed by atoms with Crippen LogP contribution in [-0.2, 0) is 20.5 Å². The lowest BCUT2D eigenvalue weighted by Crippen LogP contribution is -2.24. The third-order valence-corrected chi connectivity index (χ3v) is 4.41. The highest BCUT2D eigenvalue weighted by Crippen LogP contribution is 2.28. The number of carbonyl (C=O) groups excluding carboxylic acids is 1. The quantitative estimate of drug-likeness (QED) is 0.797. The number of hydrogen-bond donors (Lipinski definition) is 0. The number of alkyl halides is 3. The van der Waals surface area contributed by atoms with E-state index in [1.54, 1.807) is 0 Å². The first-order chi connectivity index (χ1) is 9.36. The second-order valence-corrected chi connectivity index (χ2v) is 6.23. The highest BCUT2D eigenvalue weighted by molar-refractivity contribution is 7.91. The molecular weight excluding hydrogens is 316 g/mol. The van der Waals surface area contributed by atoms with Crippen molar-refractivity contribution in [3.8, 4) is 0 Å². The van der Waals surface area contributed by atoms with Gasteiger partial charge in [0.1, 0.15) is 6.61 Å². The molecule has 1 fully saturated rings. The number of anilines is 1. The molecule has 1 saturated heterocycles. The fourth-order valence-corrected chi connectivity index (χ4v) is 2.73. The fourth-order valence-electron chi connectivity index (χ4n) is 1.77. The summed E-state index contributed by atoms with van der Waals surface area (Å²) in [5.41, 5.74) is 0.493. The van der Waals surface area contributed by atoms with Gasteiger partial charge >= 0.3 is 11.9 Å². The Morgan fingerprint density at radius 2 is 2.05 bits per heavy atom. The summed E-state index contributed by atoms with van der Waals surface area (Å²) < 4.78 is 53.0. The summed E-state index contributed by atoms with van der Waals surface area (Å²) in [5.74, 6) is -3.60. The van der Waals surface area contributed by atoms with Crippen LogP contribution < -0.4 is 4.90 Å². The number of hydrogen-bond acceptors (Lipinski definition) is 4. The summed E-state index contributed by atoms with van der Waals surface area (Å²) >= 11 is 5.63. The molecule has 9 heteroatoms. The molecule has 1 aliphatic rings. The molecule has 1 aromatic carbocycles. The van der Waals surface area contributed by atoms with Gasteiger partial charge in [0.15, 0.2) is 0 Å². The zero-order valence-electron chi connectivity index (χ0n) is 10.1. The standard InChI is InChI=1S/C11H10ClF2NO4S/c12-6-7-3-8(15-1-2-19-11(15)16)5-9(4-7)20(17,18)10(13)14/h3-5,10H,1-2,6H2. The van der Waals surface area contributed by atoms with Crippen LogP contribution in [0.1, 0.15) is 5.56 Å². The van der Waals surface area contributed by atoms with Gasteiger partial charge in [0.05, 0.1) is 11.4 Å². The molecule has 0 N–H and O–H groups in total. The van der Waals surface area contributed by atoms with Crippen LogP contribution in [0.3, 0.4) is 0 Å². The van der Waals surface area contributed by atoms with Crippen LogP contribution in [0, 0.1) is 0 Å². The summed E-state index contributed by atoms with van der Waals surface area (Å²) in [4.78, 5) is 12.0. The number of cyclic esters (lactones) is 1. The molecule has 0 aromatic heterocycles. The molecule has 2 rings (SSSR count). The van der Waals surface area contributed by atoms with E-state index in [1.165, 1.54) is 11.0 Å². The van der Waals surface area contributed by atoms with E-state index >= 15 is 0 Å². The molecule has 1 aliphatic heterocycles. The van der Waals surface area contributed by atoms with E-state index in [4.69, 9.17) is 16.3 Å². The molecule has 0 spiro atoms. The predicted octanol–water partition coefficient (Wildman–Crippen LogP) is 2.38. The van der Waals surface area contributed by atoms with E-state index in [1.807, 2.05) is 0 Å². The molecule has 0 bridgehead atoms. The topological polar surface area (TPSA) is 63.7 Å². The van der Waals surface area contributed by atoms with Crippen LogP contribution in [-0.4, -0.2) is 33.4 Å². The van der Waals surface area contributed by atoms with Crippen LogP contribution >= 0.6 is 11.6 Å². The van der Waals surface area contributed by atoms with Crippen LogP contribution in [0.25, 0.3) is 0 Å². The van der Waals surface area contributed by atoms with Crippen molar-refractivity contribution in [1.29, 1.82) is 0 Å². The Morgan fingerprint density at radius 3 is 2.55 bits per heavy atom. The maximum absolute atomic E-state index is 12.6. The lowest BCUT2D eigenvalue weighted by molar-refractivity contribution is 0.181. The summed E-state index contributed by atoms with van der Waals surface area (Å²) in [5, 5.41) is 0. The smallest absolute Gasteiger partial charge is 0.414 e. The average molecular weight is 326 g/mol. The van der Waals surface area contributed by atoms with Gasteiger partial charge in [-0.05, 0) is 23.8 Å². The van der Waals surface area contributed by atoms with Crippen molar-refractivity contribution in [2.75, 3.05) is 18.1 Å². The Balaban J connectivity index is 2.52. The van der Waals surface area contributed by atoms with Gasteiger partial charge < -0.3 is 4.74 Å². The van der Waals surface area contributed by atoms with E-state index in [0.717, 1.165) is 12.1 Å². The van der Waals surface area contributed by atoms with Gasteiger partial charge in [0.2, 0.25) is 9.84 Å². The minimum atomic E-state index is -4.75. The minimum absolute atomic E-state index is 0.0670. The summed E-state index contributed by atoms with van der Waals surface area (Å²) in [6.07, 6.45) is -0.655. The Hall–Kier alpha value is -1.41. The van der Waals surface area contributed by atoms with Gasteiger partial charge in [-0.2, -0.15) is 8.78 Å². The molecule has 5 nitrogen and oxygen atoms in total. The second-order valence-electron chi connectivity index (χ2n) is 4.04. The second kappa shape index (κ2) is 5.53. The lowest BCUT2D eigenvalue weighted by Gasteiger charge is -2.15. The van der Waals surface area contributed by atoms with Crippen molar-refractivity contribution in [2.45, 2.75) is 16.5 Å². The SMILES string of the molecule is O=C1OCCN1c1cc(CCl)cc(S(=O)(=O)C(F)F)c1. The van der Waals surface area contributed by atoms with Crippen molar-refractivity contribution in [2.24, 2.45) is 0 Å². The number of rotatable bonds is 4. The molecule has 0 radical (unpaired) electrons. The van der Waals surface area contributed by atoms with Crippen molar-refractivity contribution < 1.29 is 26.7 Å². The highest BCUT2D eigenvalue weighted by atomic mass is 35.5. The number of halogens is 3. The van der Waals surface area contributed by atoms with E-state index in [-0.39, 0.29) is 24.7 Å². The largest absolute Gasteiger partial charge is 0.447 e. The molecule has 0 unspecified atom stereocenters. The number of benzene rings is 1. The number of nitrogens with zero attached hydrogens (tertiary/aromatic N) is 1. The van der Waals surface area contributed by atoms with Crippen LogP contribution in [0.4, 0.5) is 19.3 Å². The monoisotopic (exact) mass is 325 g/mol. The van der Waals surface area contributed by atoms with Gasteiger partial charge in [0.25, 0.3) is 0 Å². The zero-order valence-corrected chi connectivity index (χ0v) is 11.6. The lowest BCUT2D eigenvalue weighted by atomic mass is 10.2. The van der Waals surface area contributed by atoms with Crippen LogP contribution in [0.5, 0.6) is 0 Å². The van der Waals surface area contributed by atoms with Gasteiger partial charge in [-0.15, -0.1) is 11.6 Å². The molecule has 0 atom stereocenters. The highest BCUT2D eigenvalue weighted by Gasteiger charge is 2.30. The molecule has 0 saturated carbocycles. The van der Waals surface area contributed by atoms with Gasteiger partial charge in [-0.1, -0.05) is 0 Å². The predicted molar refractivity (Wildman–Crippen MR) is 67.9 cm³/mol. The first-order valence-electron chi connectivity index (χ1n) is 5.52. The minimum Gasteiger partial charge on any atom is -0.447 e. The Morgan fingerprint density at radius 1 is 1.35 bits per heavy atom. The molecule has 1 heterocycles. The van der Waals surface area contributed by atoms with E-state index in [2.05, 4.69) is 0 Å². The number of carbonyl (C=O) groups is 1. The molecule has 1 aromatic rings. The molecular formula is C11H10ClF2NO4S. The third kappa shape index (κ3) is 2.71. The van der Waals surface area contributed by atoms with Crippen molar-refractivity contribution in [3.05, 3.63) is 23.8 Å². The molecule has 0 aliphatic carbocycles. The molecule has 110 valence electrons. The number of sulfone groups is 1. The molecule has 1 amide bonds. The van der Waals surface area contributed by atoms with Gasteiger partial charge in [0, 0.05) is 11.6 Å². The Labute approximate surface area is 119 Å². The normalized spacial score (nSPS) is 15.8. The maximum atomic E-state index is 12.6. The van der Waals surface area contributed by atoms with E-state index in [9.17, 15) is 22.0 Å². The summed E-state index contributed by atoms with van der Waals surface area (Å²) in [7, 11) is -4.75. The summed E-state index contributed by atoms with van der Waals surface area (Å²) in [6, 6.07) is 3.55. The van der Waals surface area contributed by atoms with E-state index < -0.39 is 26.6 Å².